The van der Waals surface area contributed by atoms with Gasteiger partial charge in [-0.1, -0.05) is 12.1 Å². The summed E-state index contributed by atoms with van der Waals surface area (Å²) in [5.74, 6) is 0. The summed E-state index contributed by atoms with van der Waals surface area (Å²) in [5.41, 5.74) is 3.74. The van der Waals surface area contributed by atoms with Gasteiger partial charge in [0.15, 0.2) is 0 Å². The molecule has 0 amide bonds. The van der Waals surface area contributed by atoms with E-state index in [1.54, 1.807) is 0 Å². The molecule has 2 rings (SSSR count). The van der Waals surface area contributed by atoms with Crippen LogP contribution in [0.1, 0.15) is 38.0 Å². The second-order valence-corrected chi connectivity index (χ2v) is 4.36. The van der Waals surface area contributed by atoms with Crippen molar-refractivity contribution in [2.75, 3.05) is 11.4 Å². The molecule has 0 saturated heterocycles. The van der Waals surface area contributed by atoms with Crippen LogP contribution in [0.15, 0.2) is 18.2 Å². The monoisotopic (exact) mass is 205 g/mol. The van der Waals surface area contributed by atoms with Gasteiger partial charge in [-0.05, 0) is 44.4 Å². The molecular formula is C13H19NO. The fourth-order valence-electron chi connectivity index (χ4n) is 2.60. The molecule has 0 aromatic heterocycles. The van der Waals surface area contributed by atoms with Crippen molar-refractivity contribution in [2.45, 2.75) is 39.3 Å². The van der Waals surface area contributed by atoms with Crippen LogP contribution in [-0.2, 0) is 6.42 Å². The highest BCUT2D eigenvalue weighted by atomic mass is 16.3. The molecule has 0 bridgehead atoms. The van der Waals surface area contributed by atoms with Gasteiger partial charge in [0.2, 0.25) is 0 Å². The van der Waals surface area contributed by atoms with Crippen molar-refractivity contribution < 1.29 is 5.11 Å². The van der Waals surface area contributed by atoms with Crippen molar-refractivity contribution in [3.63, 3.8) is 0 Å². The molecule has 0 spiro atoms. The molecule has 1 aromatic carbocycles. The highest BCUT2D eigenvalue weighted by molar-refractivity contribution is 5.62. The van der Waals surface area contributed by atoms with E-state index in [2.05, 4.69) is 24.8 Å². The van der Waals surface area contributed by atoms with Crippen LogP contribution in [0.5, 0.6) is 0 Å². The van der Waals surface area contributed by atoms with Gasteiger partial charge in [0.25, 0.3) is 0 Å². The molecule has 1 aliphatic heterocycles. The van der Waals surface area contributed by atoms with Crippen molar-refractivity contribution in [3.8, 4) is 0 Å². The maximum Gasteiger partial charge on any atom is 0.0765 e. The minimum Gasteiger partial charge on any atom is -0.389 e. The number of anilines is 1. The fourth-order valence-corrected chi connectivity index (χ4v) is 2.60. The highest BCUT2D eigenvalue weighted by Gasteiger charge is 2.27. The molecule has 0 fully saturated rings. The van der Waals surface area contributed by atoms with E-state index in [4.69, 9.17) is 0 Å². The number of benzene rings is 1. The topological polar surface area (TPSA) is 23.5 Å². The Morgan fingerprint density at radius 3 is 2.87 bits per heavy atom. The number of hydrogen-bond acceptors (Lipinski definition) is 2. The second-order valence-electron chi connectivity index (χ2n) is 4.36. The second kappa shape index (κ2) is 3.86. The van der Waals surface area contributed by atoms with E-state index >= 15 is 0 Å². The number of aliphatic hydroxyl groups is 1. The summed E-state index contributed by atoms with van der Waals surface area (Å²) in [6.07, 6.45) is 0.702. The van der Waals surface area contributed by atoms with E-state index in [-0.39, 0.29) is 6.10 Å². The third-order valence-electron chi connectivity index (χ3n) is 3.32. The molecule has 1 aliphatic rings. The van der Waals surface area contributed by atoms with Gasteiger partial charge >= 0.3 is 0 Å². The number of aliphatic hydroxyl groups excluding tert-OH is 1. The Labute approximate surface area is 91.5 Å². The van der Waals surface area contributed by atoms with E-state index < -0.39 is 0 Å². The van der Waals surface area contributed by atoms with Crippen LogP contribution in [0, 0.1) is 0 Å². The zero-order valence-corrected chi connectivity index (χ0v) is 9.70. The molecule has 82 valence electrons. The lowest BCUT2D eigenvalue weighted by Gasteiger charge is -2.22. The van der Waals surface area contributed by atoms with Crippen molar-refractivity contribution in [1.29, 1.82) is 0 Å². The Morgan fingerprint density at radius 2 is 2.27 bits per heavy atom. The van der Waals surface area contributed by atoms with Crippen LogP contribution in [0.25, 0.3) is 0 Å². The first-order valence-corrected chi connectivity index (χ1v) is 5.71. The normalized spacial score (nSPS) is 21.6. The van der Waals surface area contributed by atoms with Crippen LogP contribution in [0.3, 0.4) is 0 Å². The van der Waals surface area contributed by atoms with Gasteiger partial charge in [-0.25, -0.2) is 0 Å². The van der Waals surface area contributed by atoms with Gasteiger partial charge in [0.1, 0.15) is 0 Å². The van der Waals surface area contributed by atoms with Crippen LogP contribution >= 0.6 is 0 Å². The molecule has 0 aliphatic carbocycles. The molecule has 15 heavy (non-hydrogen) atoms. The Hall–Kier alpha value is -1.02. The smallest absolute Gasteiger partial charge is 0.0765 e. The first-order chi connectivity index (χ1) is 7.15. The largest absolute Gasteiger partial charge is 0.389 e. The standard InChI is InChI=1S/C13H19NO/c1-4-14-9(2)8-12-11(10(3)15)6-5-7-13(12)14/h5-7,9-10,15H,4,8H2,1-3H3. The van der Waals surface area contributed by atoms with E-state index in [1.165, 1.54) is 11.3 Å². The predicted molar refractivity (Wildman–Crippen MR) is 63.3 cm³/mol. The third kappa shape index (κ3) is 1.63. The quantitative estimate of drug-likeness (QED) is 0.802. The molecule has 2 unspecified atom stereocenters. The van der Waals surface area contributed by atoms with E-state index in [0.717, 1.165) is 18.5 Å². The Morgan fingerprint density at radius 1 is 1.53 bits per heavy atom. The first-order valence-electron chi connectivity index (χ1n) is 5.71. The van der Waals surface area contributed by atoms with Gasteiger partial charge in [0.05, 0.1) is 6.10 Å². The summed E-state index contributed by atoms with van der Waals surface area (Å²) < 4.78 is 0. The minimum absolute atomic E-state index is 0.357. The van der Waals surface area contributed by atoms with E-state index in [0.29, 0.717) is 6.04 Å². The maximum absolute atomic E-state index is 9.71. The fraction of sp³-hybridized carbons (Fsp3) is 0.538. The zero-order chi connectivity index (χ0) is 11.0. The zero-order valence-electron chi connectivity index (χ0n) is 9.70. The van der Waals surface area contributed by atoms with Crippen molar-refractivity contribution >= 4 is 5.69 Å². The Bertz CT molecular complexity index is 360. The number of nitrogens with zero attached hydrogens (tertiary/aromatic N) is 1. The third-order valence-corrected chi connectivity index (χ3v) is 3.32. The Kier molecular flexibility index (Phi) is 2.70. The SMILES string of the molecule is CCN1c2cccc(C(C)O)c2CC1C. The van der Waals surface area contributed by atoms with Crippen molar-refractivity contribution in [2.24, 2.45) is 0 Å². The lowest BCUT2D eigenvalue weighted by atomic mass is 10.00. The average molecular weight is 205 g/mol. The van der Waals surface area contributed by atoms with Gasteiger partial charge in [0, 0.05) is 18.3 Å². The molecule has 2 nitrogen and oxygen atoms in total. The molecule has 2 heteroatoms. The number of hydrogen-bond donors (Lipinski definition) is 1. The molecular weight excluding hydrogens is 186 g/mol. The van der Waals surface area contributed by atoms with Crippen molar-refractivity contribution in [3.05, 3.63) is 29.3 Å². The summed E-state index contributed by atoms with van der Waals surface area (Å²) in [7, 11) is 0. The molecule has 0 radical (unpaired) electrons. The first kappa shape index (κ1) is 10.5. The summed E-state index contributed by atoms with van der Waals surface area (Å²) in [6, 6.07) is 6.80. The molecule has 1 aromatic rings. The van der Waals surface area contributed by atoms with Crippen LogP contribution in [0.4, 0.5) is 5.69 Å². The van der Waals surface area contributed by atoms with Gasteiger partial charge in [-0.2, -0.15) is 0 Å². The molecule has 2 atom stereocenters. The van der Waals surface area contributed by atoms with Crippen LogP contribution in [-0.4, -0.2) is 17.7 Å². The van der Waals surface area contributed by atoms with Crippen LogP contribution < -0.4 is 4.90 Å². The minimum atomic E-state index is -0.357. The maximum atomic E-state index is 9.71. The van der Waals surface area contributed by atoms with Crippen molar-refractivity contribution in [1.82, 2.24) is 0 Å². The highest BCUT2D eigenvalue weighted by Crippen LogP contribution is 2.36. The Balaban J connectivity index is 2.47. The van der Waals surface area contributed by atoms with Gasteiger partial charge < -0.3 is 10.0 Å². The number of rotatable bonds is 2. The summed E-state index contributed by atoms with van der Waals surface area (Å²) in [5, 5.41) is 9.71. The number of likely N-dealkylation sites (N-methyl/N-ethyl adjacent to an activating group) is 1. The molecule has 1 N–H and O–H groups in total. The summed E-state index contributed by atoms with van der Waals surface area (Å²) in [4.78, 5) is 2.40. The van der Waals surface area contributed by atoms with E-state index in [9.17, 15) is 5.11 Å². The van der Waals surface area contributed by atoms with Gasteiger partial charge in [-0.3, -0.25) is 0 Å². The number of fused-ring (bicyclic) bond motifs is 1. The average Bonchev–Trinajstić information content (AvgIpc) is 2.52. The van der Waals surface area contributed by atoms with Crippen LogP contribution in [0.2, 0.25) is 0 Å². The molecule has 1 heterocycles. The van der Waals surface area contributed by atoms with E-state index in [1.807, 2.05) is 19.1 Å². The summed E-state index contributed by atoms with van der Waals surface area (Å²) in [6.45, 7) is 7.31. The molecule has 0 saturated carbocycles. The summed E-state index contributed by atoms with van der Waals surface area (Å²) >= 11 is 0. The lowest BCUT2D eigenvalue weighted by molar-refractivity contribution is 0.198. The predicted octanol–water partition coefficient (Wildman–Crippen LogP) is 2.51. The lowest BCUT2D eigenvalue weighted by Crippen LogP contribution is -2.28. The van der Waals surface area contributed by atoms with Gasteiger partial charge in [-0.15, -0.1) is 0 Å².